The molecular weight excluding hydrogens is 248 g/mol. The van der Waals surface area contributed by atoms with Crippen molar-refractivity contribution in [1.82, 2.24) is 0 Å². The number of carboxylic acids is 1. The van der Waals surface area contributed by atoms with Gasteiger partial charge in [0.1, 0.15) is 5.75 Å². The average molecular weight is 257 g/mol. The van der Waals surface area contributed by atoms with Gasteiger partial charge in [0.2, 0.25) is 0 Å². The molecule has 5 heteroatoms. The third kappa shape index (κ3) is 1.99. The van der Waals surface area contributed by atoms with Gasteiger partial charge in [-0.2, -0.15) is 0 Å². The third-order valence-corrected chi connectivity index (χ3v) is 3.53. The topological polar surface area (TPSA) is 46.5 Å². The Labute approximate surface area is 101 Å². The summed E-state index contributed by atoms with van der Waals surface area (Å²) in [6.07, 6.45) is -0.00789. The monoisotopic (exact) mass is 256 g/mol. The van der Waals surface area contributed by atoms with Gasteiger partial charge >= 0.3 is 5.97 Å². The summed E-state index contributed by atoms with van der Waals surface area (Å²) < 4.78 is 6.04. The molecule has 16 heavy (non-hydrogen) atoms. The maximum absolute atomic E-state index is 10.7. The van der Waals surface area contributed by atoms with Gasteiger partial charge in [0.05, 0.1) is 18.6 Å². The SMILES string of the molecule is COc1cc(Cl)c2c(CC(=O)O)csc2c1. The van der Waals surface area contributed by atoms with Gasteiger partial charge < -0.3 is 9.84 Å². The summed E-state index contributed by atoms with van der Waals surface area (Å²) in [5, 5.41) is 11.9. The molecule has 3 nitrogen and oxygen atoms in total. The van der Waals surface area contributed by atoms with Crippen LogP contribution in [0.3, 0.4) is 0 Å². The van der Waals surface area contributed by atoms with Gasteiger partial charge in [0, 0.05) is 10.1 Å². The van der Waals surface area contributed by atoms with Crippen molar-refractivity contribution in [2.24, 2.45) is 0 Å². The molecule has 0 saturated heterocycles. The Hall–Kier alpha value is -1.26. The predicted octanol–water partition coefficient (Wildman–Crippen LogP) is 3.19. The Bertz CT molecular complexity index is 547. The molecule has 1 N–H and O–H groups in total. The Morgan fingerprint density at radius 3 is 2.94 bits per heavy atom. The van der Waals surface area contributed by atoms with Crippen LogP contribution in [-0.2, 0) is 11.2 Å². The summed E-state index contributed by atoms with van der Waals surface area (Å²) in [4.78, 5) is 10.7. The number of halogens is 1. The van der Waals surface area contributed by atoms with E-state index < -0.39 is 5.97 Å². The number of fused-ring (bicyclic) bond motifs is 1. The van der Waals surface area contributed by atoms with E-state index in [1.165, 1.54) is 11.3 Å². The van der Waals surface area contributed by atoms with Gasteiger partial charge in [-0.15, -0.1) is 11.3 Å². The molecule has 2 aromatic rings. The summed E-state index contributed by atoms with van der Waals surface area (Å²) >= 11 is 7.58. The minimum Gasteiger partial charge on any atom is -0.497 e. The molecule has 1 heterocycles. The summed E-state index contributed by atoms with van der Waals surface area (Å²) in [5.74, 6) is -0.173. The van der Waals surface area contributed by atoms with Crippen LogP contribution in [0.4, 0.5) is 0 Å². The molecule has 1 aromatic carbocycles. The van der Waals surface area contributed by atoms with E-state index in [0.717, 1.165) is 15.6 Å². The van der Waals surface area contributed by atoms with Crippen LogP contribution in [0.2, 0.25) is 5.02 Å². The number of ether oxygens (including phenoxy) is 1. The first-order chi connectivity index (χ1) is 7.61. The van der Waals surface area contributed by atoms with E-state index in [1.807, 2.05) is 11.4 Å². The molecule has 0 bridgehead atoms. The molecule has 0 atom stereocenters. The number of benzene rings is 1. The molecule has 0 amide bonds. The fraction of sp³-hybridized carbons (Fsp3) is 0.182. The van der Waals surface area contributed by atoms with E-state index in [4.69, 9.17) is 21.4 Å². The lowest BCUT2D eigenvalue weighted by atomic mass is 10.1. The molecule has 0 saturated carbocycles. The van der Waals surface area contributed by atoms with Crippen molar-refractivity contribution >= 4 is 39.0 Å². The first-order valence-electron chi connectivity index (χ1n) is 4.57. The Morgan fingerprint density at radius 1 is 1.56 bits per heavy atom. The number of aliphatic carboxylic acids is 1. The van der Waals surface area contributed by atoms with E-state index in [0.29, 0.717) is 10.8 Å². The summed E-state index contributed by atoms with van der Waals surface area (Å²) in [5.41, 5.74) is 0.750. The van der Waals surface area contributed by atoms with Gasteiger partial charge in [-0.25, -0.2) is 0 Å². The largest absolute Gasteiger partial charge is 0.497 e. The Balaban J connectivity index is 2.59. The second-order valence-electron chi connectivity index (χ2n) is 3.31. The lowest BCUT2D eigenvalue weighted by Gasteiger charge is -2.02. The molecular formula is C11H9ClO3S. The van der Waals surface area contributed by atoms with Gasteiger partial charge in [-0.3, -0.25) is 4.79 Å². The van der Waals surface area contributed by atoms with Crippen LogP contribution in [0.25, 0.3) is 10.1 Å². The van der Waals surface area contributed by atoms with Crippen LogP contribution in [0.1, 0.15) is 5.56 Å². The average Bonchev–Trinajstić information content (AvgIpc) is 2.60. The molecule has 0 radical (unpaired) electrons. The van der Waals surface area contributed by atoms with Crippen LogP contribution in [-0.4, -0.2) is 18.2 Å². The molecule has 0 fully saturated rings. The van der Waals surface area contributed by atoms with Crippen molar-refractivity contribution in [3.63, 3.8) is 0 Å². The van der Waals surface area contributed by atoms with E-state index in [2.05, 4.69) is 0 Å². The fourth-order valence-corrected chi connectivity index (χ4v) is 2.97. The highest BCUT2D eigenvalue weighted by atomic mass is 35.5. The second kappa shape index (κ2) is 4.31. The summed E-state index contributed by atoms with van der Waals surface area (Å²) in [6, 6.07) is 3.55. The molecule has 0 unspecified atom stereocenters. The van der Waals surface area contributed by atoms with Crippen molar-refractivity contribution in [3.05, 3.63) is 28.1 Å². The highest BCUT2D eigenvalue weighted by Gasteiger charge is 2.12. The Morgan fingerprint density at radius 2 is 2.31 bits per heavy atom. The zero-order valence-electron chi connectivity index (χ0n) is 8.49. The van der Waals surface area contributed by atoms with E-state index in [-0.39, 0.29) is 6.42 Å². The quantitative estimate of drug-likeness (QED) is 0.917. The lowest BCUT2D eigenvalue weighted by Crippen LogP contribution is -1.98. The van der Waals surface area contributed by atoms with Crippen LogP contribution >= 0.6 is 22.9 Å². The van der Waals surface area contributed by atoms with Gasteiger partial charge in [0.25, 0.3) is 0 Å². The van der Waals surface area contributed by atoms with Crippen LogP contribution < -0.4 is 4.74 Å². The highest BCUT2D eigenvalue weighted by molar-refractivity contribution is 7.17. The number of thiophene rings is 1. The van der Waals surface area contributed by atoms with Gasteiger partial charge in [-0.1, -0.05) is 11.6 Å². The number of carboxylic acid groups (broad SMARTS) is 1. The third-order valence-electron chi connectivity index (χ3n) is 2.25. The first-order valence-corrected chi connectivity index (χ1v) is 5.83. The molecule has 1 aromatic heterocycles. The number of hydrogen-bond donors (Lipinski definition) is 1. The molecule has 0 aliphatic heterocycles. The standard InChI is InChI=1S/C11H9ClO3S/c1-15-7-3-8(12)11-6(2-10(13)14)5-16-9(11)4-7/h3-5H,2H2,1H3,(H,13,14). The second-order valence-corrected chi connectivity index (χ2v) is 4.63. The van der Waals surface area contributed by atoms with E-state index in [9.17, 15) is 4.79 Å². The molecule has 84 valence electrons. The molecule has 0 spiro atoms. The van der Waals surface area contributed by atoms with Crippen molar-refractivity contribution in [3.8, 4) is 5.75 Å². The molecule has 0 aliphatic rings. The first kappa shape index (κ1) is 11.2. The predicted molar refractivity (Wildman–Crippen MR) is 64.7 cm³/mol. The number of hydrogen-bond acceptors (Lipinski definition) is 3. The minimum absolute atomic E-state index is 0.00789. The lowest BCUT2D eigenvalue weighted by molar-refractivity contribution is -0.136. The zero-order chi connectivity index (χ0) is 11.7. The van der Waals surface area contributed by atoms with E-state index >= 15 is 0 Å². The Kier molecular flexibility index (Phi) is 3.03. The van der Waals surface area contributed by atoms with Gasteiger partial charge in [-0.05, 0) is 23.1 Å². The zero-order valence-corrected chi connectivity index (χ0v) is 10.1. The normalized spacial score (nSPS) is 10.6. The van der Waals surface area contributed by atoms with Gasteiger partial charge in [0.15, 0.2) is 0 Å². The van der Waals surface area contributed by atoms with Crippen LogP contribution in [0.15, 0.2) is 17.5 Å². The highest BCUT2D eigenvalue weighted by Crippen LogP contribution is 2.36. The molecule has 0 aliphatic carbocycles. The van der Waals surface area contributed by atoms with Crippen molar-refractivity contribution in [2.75, 3.05) is 7.11 Å². The number of carbonyl (C=O) groups is 1. The van der Waals surface area contributed by atoms with Crippen molar-refractivity contribution in [2.45, 2.75) is 6.42 Å². The molecule has 2 rings (SSSR count). The van der Waals surface area contributed by atoms with Crippen LogP contribution in [0.5, 0.6) is 5.75 Å². The fourth-order valence-electron chi connectivity index (χ4n) is 1.57. The summed E-state index contributed by atoms with van der Waals surface area (Å²) in [6.45, 7) is 0. The smallest absolute Gasteiger partial charge is 0.307 e. The summed E-state index contributed by atoms with van der Waals surface area (Å²) in [7, 11) is 1.57. The van der Waals surface area contributed by atoms with Crippen LogP contribution in [0, 0.1) is 0 Å². The maximum Gasteiger partial charge on any atom is 0.307 e. The van der Waals surface area contributed by atoms with E-state index in [1.54, 1.807) is 13.2 Å². The maximum atomic E-state index is 10.7. The number of rotatable bonds is 3. The number of methoxy groups -OCH3 is 1. The van der Waals surface area contributed by atoms with Crippen molar-refractivity contribution in [1.29, 1.82) is 0 Å². The van der Waals surface area contributed by atoms with Crippen molar-refractivity contribution < 1.29 is 14.6 Å². The minimum atomic E-state index is -0.855.